The van der Waals surface area contributed by atoms with Crippen molar-refractivity contribution in [3.63, 3.8) is 0 Å². The molecule has 0 atom stereocenters. The van der Waals surface area contributed by atoms with Crippen molar-refractivity contribution < 1.29 is 9.53 Å². The third-order valence-corrected chi connectivity index (χ3v) is 4.94. The molecule has 1 aromatic heterocycles. The van der Waals surface area contributed by atoms with Crippen LogP contribution in [-0.4, -0.2) is 11.0 Å². The summed E-state index contributed by atoms with van der Waals surface area (Å²) in [7, 11) is 0. The summed E-state index contributed by atoms with van der Waals surface area (Å²) >= 11 is 5.95. The minimum Gasteiger partial charge on any atom is -0.422 e. The van der Waals surface area contributed by atoms with Gasteiger partial charge in [0.2, 0.25) is 0 Å². The fourth-order valence-corrected chi connectivity index (χ4v) is 3.18. The molecule has 0 N–H and O–H groups in total. The van der Waals surface area contributed by atoms with Gasteiger partial charge in [0.25, 0.3) is 0 Å². The molecule has 0 unspecified atom stereocenters. The number of hydrogen-bond acceptors (Lipinski definition) is 4. The Hall–Kier alpha value is -2.38. The number of pyridine rings is 1. The number of unbranched alkanes of at least 4 members (excludes halogenated alkanes) is 7. The summed E-state index contributed by atoms with van der Waals surface area (Å²) in [5, 5.41) is 9.13. The molecule has 0 spiro atoms. The average molecular weight is 399 g/mol. The third-order valence-electron chi connectivity index (χ3n) is 4.62. The SMILES string of the molecule is CCCCCCCCCCc1ccc(C(=O)Oc2ccc(C#N)c(Cl)c2)nc1. The molecule has 1 aromatic carbocycles. The maximum Gasteiger partial charge on any atom is 0.362 e. The van der Waals surface area contributed by atoms with Gasteiger partial charge in [0, 0.05) is 12.3 Å². The second-order valence-corrected chi connectivity index (χ2v) is 7.33. The van der Waals surface area contributed by atoms with Crippen LogP contribution in [0.25, 0.3) is 0 Å². The first-order valence-corrected chi connectivity index (χ1v) is 10.4. The molecule has 0 saturated heterocycles. The van der Waals surface area contributed by atoms with Crippen LogP contribution in [0.4, 0.5) is 0 Å². The summed E-state index contributed by atoms with van der Waals surface area (Å²) in [6.45, 7) is 2.24. The van der Waals surface area contributed by atoms with Crippen LogP contribution < -0.4 is 4.74 Å². The van der Waals surface area contributed by atoms with Crippen LogP contribution in [0.15, 0.2) is 36.5 Å². The normalized spacial score (nSPS) is 10.5. The third kappa shape index (κ3) is 7.32. The first-order valence-electron chi connectivity index (χ1n) is 10.0. The van der Waals surface area contributed by atoms with Crippen molar-refractivity contribution >= 4 is 17.6 Å². The molecule has 0 amide bonds. The Morgan fingerprint density at radius 3 is 2.39 bits per heavy atom. The van der Waals surface area contributed by atoms with Gasteiger partial charge in [-0.2, -0.15) is 5.26 Å². The van der Waals surface area contributed by atoms with E-state index in [1.54, 1.807) is 18.3 Å². The molecular weight excluding hydrogens is 372 g/mol. The van der Waals surface area contributed by atoms with Gasteiger partial charge in [-0.3, -0.25) is 0 Å². The van der Waals surface area contributed by atoms with E-state index in [0.717, 1.165) is 18.4 Å². The van der Waals surface area contributed by atoms with Crippen LogP contribution >= 0.6 is 11.6 Å². The standard InChI is InChI=1S/C23H27ClN2O2/c1-2-3-4-5-6-7-8-9-10-18-11-14-22(26-17-18)23(27)28-20-13-12-19(16-25)21(24)15-20/h11-15,17H,2-10H2,1H3. The Morgan fingerprint density at radius 1 is 1.07 bits per heavy atom. The lowest BCUT2D eigenvalue weighted by molar-refractivity contribution is 0.0728. The molecule has 0 fully saturated rings. The second kappa shape index (κ2) is 12.2. The number of benzene rings is 1. The zero-order valence-corrected chi connectivity index (χ0v) is 17.2. The molecular formula is C23H27ClN2O2. The van der Waals surface area contributed by atoms with Gasteiger partial charge in [-0.25, -0.2) is 9.78 Å². The van der Waals surface area contributed by atoms with Crippen molar-refractivity contribution in [2.45, 2.75) is 64.7 Å². The Labute approximate surface area is 172 Å². The highest BCUT2D eigenvalue weighted by molar-refractivity contribution is 6.31. The van der Waals surface area contributed by atoms with E-state index >= 15 is 0 Å². The van der Waals surface area contributed by atoms with Crippen molar-refractivity contribution in [3.05, 3.63) is 58.4 Å². The zero-order chi connectivity index (χ0) is 20.2. The lowest BCUT2D eigenvalue weighted by atomic mass is 10.0. The highest BCUT2D eigenvalue weighted by Gasteiger charge is 2.11. The van der Waals surface area contributed by atoms with Crippen molar-refractivity contribution in [2.75, 3.05) is 0 Å². The molecule has 4 nitrogen and oxygen atoms in total. The number of ether oxygens (including phenoxy) is 1. The summed E-state index contributed by atoms with van der Waals surface area (Å²) in [6.07, 6.45) is 13.0. The number of aryl methyl sites for hydroxylation is 1. The molecule has 0 aliphatic carbocycles. The smallest absolute Gasteiger partial charge is 0.362 e. The van der Waals surface area contributed by atoms with E-state index in [-0.39, 0.29) is 10.7 Å². The molecule has 0 saturated carbocycles. The van der Waals surface area contributed by atoms with E-state index in [1.807, 2.05) is 12.1 Å². The lowest BCUT2D eigenvalue weighted by Crippen LogP contribution is -2.10. The van der Waals surface area contributed by atoms with Crippen LogP contribution in [0.3, 0.4) is 0 Å². The second-order valence-electron chi connectivity index (χ2n) is 6.92. The number of nitrogens with zero attached hydrogens (tertiary/aromatic N) is 2. The Morgan fingerprint density at radius 2 is 1.79 bits per heavy atom. The number of halogens is 1. The monoisotopic (exact) mass is 398 g/mol. The van der Waals surface area contributed by atoms with Crippen molar-refractivity contribution in [1.82, 2.24) is 4.98 Å². The topological polar surface area (TPSA) is 63.0 Å². The largest absolute Gasteiger partial charge is 0.422 e. The van der Waals surface area contributed by atoms with Crippen molar-refractivity contribution in [1.29, 1.82) is 5.26 Å². The van der Waals surface area contributed by atoms with Crippen LogP contribution in [0, 0.1) is 11.3 Å². The van der Waals surface area contributed by atoms with E-state index in [2.05, 4.69) is 11.9 Å². The minimum atomic E-state index is -0.542. The van der Waals surface area contributed by atoms with Crippen molar-refractivity contribution in [3.8, 4) is 11.8 Å². The highest BCUT2D eigenvalue weighted by atomic mass is 35.5. The number of carbonyl (C=O) groups excluding carboxylic acids is 1. The summed E-state index contributed by atoms with van der Waals surface area (Å²) in [4.78, 5) is 16.4. The van der Waals surface area contributed by atoms with Crippen LogP contribution in [0.2, 0.25) is 5.02 Å². The van der Waals surface area contributed by atoms with Gasteiger partial charge in [0.15, 0.2) is 0 Å². The molecule has 5 heteroatoms. The Kier molecular flexibility index (Phi) is 9.51. The maximum absolute atomic E-state index is 12.2. The Bertz CT molecular complexity index is 797. The van der Waals surface area contributed by atoms with E-state index < -0.39 is 5.97 Å². The first-order chi connectivity index (χ1) is 13.6. The van der Waals surface area contributed by atoms with Crippen LogP contribution in [0.1, 0.15) is 79.9 Å². The molecule has 2 rings (SSSR count). The quantitative estimate of drug-likeness (QED) is 0.246. The predicted octanol–water partition coefficient (Wildman–Crippen LogP) is 6.51. The minimum absolute atomic E-state index is 0.250. The summed E-state index contributed by atoms with van der Waals surface area (Å²) in [5.74, 6) is -0.252. The van der Waals surface area contributed by atoms with E-state index in [4.69, 9.17) is 21.6 Å². The van der Waals surface area contributed by atoms with Gasteiger partial charge >= 0.3 is 5.97 Å². The van der Waals surface area contributed by atoms with Gasteiger partial charge < -0.3 is 4.74 Å². The number of hydrogen-bond donors (Lipinski definition) is 0. The van der Waals surface area contributed by atoms with Gasteiger partial charge in [-0.1, -0.05) is 69.5 Å². The van der Waals surface area contributed by atoms with Crippen molar-refractivity contribution in [2.24, 2.45) is 0 Å². The first kappa shape index (κ1) is 21.9. The average Bonchev–Trinajstić information content (AvgIpc) is 2.70. The number of esters is 1. The van der Waals surface area contributed by atoms with Crippen LogP contribution in [-0.2, 0) is 6.42 Å². The Balaban J connectivity index is 1.75. The molecule has 0 bridgehead atoms. The summed E-state index contributed by atoms with van der Waals surface area (Å²) < 4.78 is 5.28. The fourth-order valence-electron chi connectivity index (χ4n) is 2.97. The lowest BCUT2D eigenvalue weighted by Gasteiger charge is -2.06. The van der Waals surface area contributed by atoms with Gasteiger partial charge in [0.1, 0.15) is 17.5 Å². The van der Waals surface area contributed by atoms with E-state index in [9.17, 15) is 4.79 Å². The fraction of sp³-hybridized carbons (Fsp3) is 0.435. The zero-order valence-electron chi connectivity index (χ0n) is 16.4. The van der Waals surface area contributed by atoms with Gasteiger partial charge in [0.05, 0.1) is 10.6 Å². The van der Waals surface area contributed by atoms with E-state index in [1.165, 1.54) is 57.1 Å². The number of carbonyl (C=O) groups is 1. The van der Waals surface area contributed by atoms with E-state index in [0.29, 0.717) is 11.3 Å². The molecule has 0 aliphatic heterocycles. The molecule has 148 valence electrons. The number of aromatic nitrogens is 1. The van der Waals surface area contributed by atoms with Gasteiger partial charge in [-0.15, -0.1) is 0 Å². The molecule has 1 heterocycles. The molecule has 0 radical (unpaired) electrons. The summed E-state index contributed by atoms with van der Waals surface area (Å²) in [6, 6.07) is 10.1. The molecule has 28 heavy (non-hydrogen) atoms. The summed E-state index contributed by atoms with van der Waals surface area (Å²) in [5.41, 5.74) is 1.72. The highest BCUT2D eigenvalue weighted by Crippen LogP contribution is 2.22. The number of rotatable bonds is 11. The van der Waals surface area contributed by atoms with Gasteiger partial charge in [-0.05, 0) is 36.6 Å². The predicted molar refractivity (Wildman–Crippen MR) is 112 cm³/mol. The maximum atomic E-state index is 12.2. The molecule has 2 aromatic rings. The molecule has 0 aliphatic rings. The van der Waals surface area contributed by atoms with Crippen LogP contribution in [0.5, 0.6) is 5.75 Å². The number of nitriles is 1.